The fourth-order valence-corrected chi connectivity index (χ4v) is 2.61. The molecule has 0 bridgehead atoms. The van der Waals surface area contributed by atoms with Gasteiger partial charge in [-0.2, -0.15) is 0 Å². The second-order valence-corrected chi connectivity index (χ2v) is 4.79. The summed E-state index contributed by atoms with van der Waals surface area (Å²) < 4.78 is 5.34. The predicted octanol–water partition coefficient (Wildman–Crippen LogP) is 1.19. The number of nitrogens with zero attached hydrogens (tertiary/aromatic N) is 1. The Morgan fingerprint density at radius 2 is 2.12 bits per heavy atom. The Morgan fingerprint density at radius 3 is 2.76 bits per heavy atom. The number of halogens is 1. The van der Waals surface area contributed by atoms with E-state index in [0.29, 0.717) is 0 Å². The Labute approximate surface area is 109 Å². The van der Waals surface area contributed by atoms with Crippen molar-refractivity contribution in [2.75, 3.05) is 26.7 Å². The van der Waals surface area contributed by atoms with Gasteiger partial charge in [0.2, 0.25) is 5.91 Å². The number of likely N-dealkylation sites (tertiary alicyclic amines) is 1. The SMILES string of the molecule is COC1CCCN(C(=O)[C@@H]2CCCCN2)C1.Cl. The number of hydrogen-bond acceptors (Lipinski definition) is 3. The van der Waals surface area contributed by atoms with Gasteiger partial charge in [0.05, 0.1) is 12.1 Å². The van der Waals surface area contributed by atoms with Crippen molar-refractivity contribution in [2.24, 2.45) is 0 Å². The fourth-order valence-electron chi connectivity index (χ4n) is 2.61. The van der Waals surface area contributed by atoms with Gasteiger partial charge in [0.15, 0.2) is 0 Å². The van der Waals surface area contributed by atoms with Crippen LogP contribution >= 0.6 is 12.4 Å². The molecule has 2 saturated heterocycles. The molecule has 2 fully saturated rings. The number of nitrogens with one attached hydrogen (secondary N) is 1. The third kappa shape index (κ3) is 3.83. The lowest BCUT2D eigenvalue weighted by molar-refractivity contribution is -0.137. The summed E-state index contributed by atoms with van der Waals surface area (Å²) in [4.78, 5) is 14.2. The Kier molecular flexibility index (Phi) is 6.23. The molecule has 2 heterocycles. The van der Waals surface area contributed by atoms with Crippen LogP contribution in [0.3, 0.4) is 0 Å². The van der Waals surface area contributed by atoms with E-state index in [1.807, 2.05) is 4.90 Å². The minimum Gasteiger partial charge on any atom is -0.380 e. The lowest BCUT2D eigenvalue weighted by Crippen LogP contribution is -2.52. The average Bonchev–Trinajstić information content (AvgIpc) is 2.39. The van der Waals surface area contributed by atoms with Crippen LogP contribution in [0.5, 0.6) is 0 Å². The Morgan fingerprint density at radius 1 is 1.29 bits per heavy atom. The molecule has 2 atom stereocenters. The zero-order valence-corrected chi connectivity index (χ0v) is 11.3. The summed E-state index contributed by atoms with van der Waals surface area (Å²) in [6.07, 6.45) is 5.75. The molecule has 2 rings (SSSR count). The van der Waals surface area contributed by atoms with Crippen LogP contribution in [0.25, 0.3) is 0 Å². The molecule has 4 nitrogen and oxygen atoms in total. The molecule has 0 aromatic heterocycles. The molecule has 100 valence electrons. The number of methoxy groups -OCH3 is 1. The first-order chi connectivity index (χ1) is 7.81. The van der Waals surface area contributed by atoms with E-state index in [1.165, 1.54) is 12.8 Å². The van der Waals surface area contributed by atoms with Crippen LogP contribution < -0.4 is 5.32 Å². The molecule has 2 aliphatic rings. The summed E-state index contributed by atoms with van der Waals surface area (Å²) >= 11 is 0. The molecule has 0 aliphatic carbocycles. The summed E-state index contributed by atoms with van der Waals surface area (Å²) in [5.41, 5.74) is 0. The number of rotatable bonds is 2. The minimum absolute atomic E-state index is 0. The van der Waals surface area contributed by atoms with E-state index in [9.17, 15) is 4.79 Å². The third-order valence-corrected chi connectivity index (χ3v) is 3.63. The molecule has 2 aliphatic heterocycles. The maximum Gasteiger partial charge on any atom is 0.239 e. The topological polar surface area (TPSA) is 41.6 Å². The Balaban J connectivity index is 0.00000144. The van der Waals surface area contributed by atoms with Gasteiger partial charge in [0.1, 0.15) is 0 Å². The fraction of sp³-hybridized carbons (Fsp3) is 0.917. The van der Waals surface area contributed by atoms with Crippen LogP contribution in [0.4, 0.5) is 0 Å². The number of amides is 1. The van der Waals surface area contributed by atoms with Crippen molar-refractivity contribution >= 4 is 18.3 Å². The molecule has 1 N–H and O–H groups in total. The summed E-state index contributed by atoms with van der Waals surface area (Å²) in [5.74, 6) is 0.279. The molecular formula is C12H23ClN2O2. The predicted molar refractivity (Wildman–Crippen MR) is 69.5 cm³/mol. The van der Waals surface area contributed by atoms with Crippen molar-refractivity contribution in [3.63, 3.8) is 0 Å². The monoisotopic (exact) mass is 262 g/mol. The molecule has 0 aromatic carbocycles. The van der Waals surface area contributed by atoms with E-state index in [1.54, 1.807) is 7.11 Å². The number of carbonyl (C=O) groups is 1. The molecule has 1 amide bonds. The van der Waals surface area contributed by atoms with Crippen LogP contribution in [0.2, 0.25) is 0 Å². The van der Waals surface area contributed by atoms with Crippen LogP contribution in [0, 0.1) is 0 Å². The molecule has 5 heteroatoms. The van der Waals surface area contributed by atoms with E-state index in [2.05, 4.69) is 5.32 Å². The first kappa shape index (κ1) is 14.7. The average molecular weight is 263 g/mol. The zero-order valence-electron chi connectivity index (χ0n) is 10.5. The van der Waals surface area contributed by atoms with Crippen molar-refractivity contribution in [3.05, 3.63) is 0 Å². The van der Waals surface area contributed by atoms with Gasteiger partial charge in [0.25, 0.3) is 0 Å². The van der Waals surface area contributed by atoms with E-state index in [0.717, 1.165) is 38.9 Å². The van der Waals surface area contributed by atoms with E-state index in [-0.39, 0.29) is 30.5 Å². The molecule has 1 unspecified atom stereocenters. The highest BCUT2D eigenvalue weighted by Gasteiger charge is 2.29. The van der Waals surface area contributed by atoms with Gasteiger partial charge in [-0.3, -0.25) is 4.79 Å². The van der Waals surface area contributed by atoms with Crippen molar-refractivity contribution in [1.82, 2.24) is 10.2 Å². The highest BCUT2D eigenvalue weighted by atomic mass is 35.5. The summed E-state index contributed by atoms with van der Waals surface area (Å²) in [6, 6.07) is 0.0596. The lowest BCUT2D eigenvalue weighted by Gasteiger charge is -2.35. The first-order valence-corrected chi connectivity index (χ1v) is 6.36. The first-order valence-electron chi connectivity index (χ1n) is 6.36. The normalized spacial score (nSPS) is 29.6. The summed E-state index contributed by atoms with van der Waals surface area (Å²) in [5, 5.41) is 3.32. The number of ether oxygens (including phenoxy) is 1. The van der Waals surface area contributed by atoms with Gasteiger partial charge in [0, 0.05) is 20.2 Å². The van der Waals surface area contributed by atoms with Crippen LogP contribution in [0.15, 0.2) is 0 Å². The van der Waals surface area contributed by atoms with E-state index < -0.39 is 0 Å². The minimum atomic E-state index is 0. The Bertz CT molecular complexity index is 245. The molecule has 0 saturated carbocycles. The third-order valence-electron chi connectivity index (χ3n) is 3.63. The summed E-state index contributed by atoms with van der Waals surface area (Å²) in [7, 11) is 1.73. The van der Waals surface area contributed by atoms with Crippen LogP contribution in [-0.2, 0) is 9.53 Å². The molecular weight excluding hydrogens is 240 g/mol. The molecule has 0 spiro atoms. The van der Waals surface area contributed by atoms with Gasteiger partial charge in [-0.1, -0.05) is 6.42 Å². The Hall–Kier alpha value is -0.320. The lowest BCUT2D eigenvalue weighted by atomic mass is 10.0. The number of hydrogen-bond donors (Lipinski definition) is 1. The maximum absolute atomic E-state index is 12.2. The number of carbonyl (C=O) groups excluding carboxylic acids is 1. The second kappa shape index (κ2) is 7.19. The largest absolute Gasteiger partial charge is 0.380 e. The second-order valence-electron chi connectivity index (χ2n) is 4.79. The van der Waals surface area contributed by atoms with Crippen LogP contribution in [-0.4, -0.2) is 49.7 Å². The maximum atomic E-state index is 12.2. The quantitative estimate of drug-likeness (QED) is 0.813. The van der Waals surface area contributed by atoms with Gasteiger partial charge < -0.3 is 15.0 Å². The van der Waals surface area contributed by atoms with E-state index >= 15 is 0 Å². The van der Waals surface area contributed by atoms with Crippen molar-refractivity contribution < 1.29 is 9.53 Å². The van der Waals surface area contributed by atoms with Crippen molar-refractivity contribution in [3.8, 4) is 0 Å². The van der Waals surface area contributed by atoms with Gasteiger partial charge >= 0.3 is 0 Å². The van der Waals surface area contributed by atoms with Gasteiger partial charge in [-0.05, 0) is 32.2 Å². The van der Waals surface area contributed by atoms with Gasteiger partial charge in [-0.15, -0.1) is 12.4 Å². The molecule has 0 aromatic rings. The van der Waals surface area contributed by atoms with Crippen LogP contribution in [0.1, 0.15) is 32.1 Å². The number of piperidine rings is 2. The smallest absolute Gasteiger partial charge is 0.239 e. The summed E-state index contributed by atoms with van der Waals surface area (Å²) in [6.45, 7) is 2.66. The highest BCUT2D eigenvalue weighted by molar-refractivity contribution is 5.85. The highest BCUT2D eigenvalue weighted by Crippen LogP contribution is 2.16. The standard InChI is InChI=1S/C12H22N2O2.ClH/c1-16-10-5-4-8-14(9-10)12(15)11-6-2-3-7-13-11;/h10-11,13H,2-9H2,1H3;1H/t10?,11-;/m0./s1. The van der Waals surface area contributed by atoms with E-state index in [4.69, 9.17) is 4.74 Å². The molecule has 17 heavy (non-hydrogen) atoms. The van der Waals surface area contributed by atoms with Gasteiger partial charge in [-0.25, -0.2) is 0 Å². The van der Waals surface area contributed by atoms with Crippen molar-refractivity contribution in [1.29, 1.82) is 0 Å². The molecule has 0 radical (unpaired) electrons. The van der Waals surface area contributed by atoms with Crippen molar-refractivity contribution in [2.45, 2.75) is 44.2 Å². The zero-order chi connectivity index (χ0) is 11.4.